The molecule has 3 aromatic rings. The van der Waals surface area contributed by atoms with Gasteiger partial charge in [-0.2, -0.15) is 5.10 Å². The van der Waals surface area contributed by atoms with Gasteiger partial charge in [-0.15, -0.1) is 0 Å². The number of hydrogen-bond acceptors (Lipinski definition) is 3. The third kappa shape index (κ3) is 4.76. The predicted octanol–water partition coefficient (Wildman–Crippen LogP) is 3.49. The lowest BCUT2D eigenvalue weighted by Crippen LogP contribution is -2.23. The van der Waals surface area contributed by atoms with E-state index < -0.39 is 0 Å². The summed E-state index contributed by atoms with van der Waals surface area (Å²) < 4.78 is 2.78. The second-order valence-electron chi connectivity index (χ2n) is 5.82. The Morgan fingerprint density at radius 2 is 2.04 bits per heavy atom. The summed E-state index contributed by atoms with van der Waals surface area (Å²) in [5.41, 5.74) is 3.93. The molecule has 3 rings (SSSR count). The zero-order chi connectivity index (χ0) is 17.6. The molecule has 6 heteroatoms. The molecule has 0 saturated heterocycles. The maximum absolute atomic E-state index is 12.2. The minimum absolute atomic E-state index is 0.0314. The Morgan fingerprint density at radius 3 is 2.76 bits per heavy atom. The Kier molecular flexibility index (Phi) is 5.60. The molecular formula is C19H19BrN4O. The topological polar surface area (TPSA) is 59.8 Å². The summed E-state index contributed by atoms with van der Waals surface area (Å²) in [6, 6.07) is 11.9. The summed E-state index contributed by atoms with van der Waals surface area (Å²) in [6.45, 7) is 0.456. The van der Waals surface area contributed by atoms with Gasteiger partial charge in [0.05, 0.1) is 11.9 Å². The Morgan fingerprint density at radius 1 is 1.24 bits per heavy atom. The van der Waals surface area contributed by atoms with Crippen molar-refractivity contribution in [2.24, 2.45) is 7.05 Å². The van der Waals surface area contributed by atoms with E-state index in [0.717, 1.165) is 33.3 Å². The molecule has 2 heterocycles. The first-order chi connectivity index (χ1) is 12.1. The molecule has 25 heavy (non-hydrogen) atoms. The van der Waals surface area contributed by atoms with Crippen molar-refractivity contribution in [3.8, 4) is 11.3 Å². The van der Waals surface area contributed by atoms with E-state index >= 15 is 0 Å². The molecule has 2 aromatic heterocycles. The first-order valence-electron chi connectivity index (χ1n) is 8.06. The maximum Gasteiger partial charge on any atom is 0.220 e. The van der Waals surface area contributed by atoms with Gasteiger partial charge >= 0.3 is 0 Å². The number of nitrogens with one attached hydrogen (secondary N) is 1. The smallest absolute Gasteiger partial charge is 0.220 e. The highest BCUT2D eigenvalue weighted by Crippen LogP contribution is 2.20. The summed E-state index contributed by atoms with van der Waals surface area (Å²) in [7, 11) is 1.87. The Labute approximate surface area is 155 Å². The van der Waals surface area contributed by atoms with Crippen LogP contribution < -0.4 is 5.32 Å². The maximum atomic E-state index is 12.2. The Bertz CT molecular complexity index is 858. The summed E-state index contributed by atoms with van der Waals surface area (Å²) in [4.78, 5) is 16.6. The predicted molar refractivity (Wildman–Crippen MR) is 101 cm³/mol. The molecule has 0 atom stereocenters. The lowest BCUT2D eigenvalue weighted by molar-refractivity contribution is -0.121. The van der Waals surface area contributed by atoms with Crippen molar-refractivity contribution in [1.29, 1.82) is 0 Å². The molecule has 1 amide bonds. The molecule has 1 N–H and O–H groups in total. The zero-order valence-electron chi connectivity index (χ0n) is 13.9. The van der Waals surface area contributed by atoms with Crippen molar-refractivity contribution in [1.82, 2.24) is 20.1 Å². The van der Waals surface area contributed by atoms with Crippen LogP contribution >= 0.6 is 15.9 Å². The number of rotatable bonds is 6. The van der Waals surface area contributed by atoms with E-state index in [-0.39, 0.29) is 5.91 Å². The molecule has 0 aliphatic rings. The van der Waals surface area contributed by atoms with Gasteiger partial charge in [0, 0.05) is 42.4 Å². The number of carbonyl (C=O) groups excluding carboxylic acids is 1. The lowest BCUT2D eigenvalue weighted by atomic mass is 10.1. The quantitative estimate of drug-likeness (QED) is 0.690. The van der Waals surface area contributed by atoms with Crippen molar-refractivity contribution in [3.05, 3.63) is 70.6 Å². The molecule has 0 fully saturated rings. The molecule has 0 unspecified atom stereocenters. The van der Waals surface area contributed by atoms with Crippen molar-refractivity contribution in [2.45, 2.75) is 19.4 Å². The van der Waals surface area contributed by atoms with Crippen LogP contribution in [0, 0.1) is 0 Å². The van der Waals surface area contributed by atoms with Gasteiger partial charge in [0.2, 0.25) is 5.91 Å². The SMILES string of the molecule is Cn1cc(-c2ncccc2CNC(=O)CCc2ccc(Br)cc2)cn1. The van der Waals surface area contributed by atoms with E-state index in [9.17, 15) is 4.79 Å². The minimum Gasteiger partial charge on any atom is -0.352 e. The molecule has 5 nitrogen and oxygen atoms in total. The van der Waals surface area contributed by atoms with Crippen LogP contribution in [-0.4, -0.2) is 20.7 Å². The van der Waals surface area contributed by atoms with E-state index in [2.05, 4.69) is 31.3 Å². The van der Waals surface area contributed by atoms with Crippen LogP contribution in [0.5, 0.6) is 0 Å². The monoisotopic (exact) mass is 398 g/mol. The molecule has 0 aliphatic heterocycles. The van der Waals surface area contributed by atoms with Crippen LogP contribution in [-0.2, 0) is 24.8 Å². The highest BCUT2D eigenvalue weighted by molar-refractivity contribution is 9.10. The number of halogens is 1. The van der Waals surface area contributed by atoms with Crippen LogP contribution in [0.15, 0.2) is 59.5 Å². The highest BCUT2D eigenvalue weighted by atomic mass is 79.9. The van der Waals surface area contributed by atoms with Gasteiger partial charge in [0.25, 0.3) is 0 Å². The van der Waals surface area contributed by atoms with E-state index in [4.69, 9.17) is 0 Å². The molecular weight excluding hydrogens is 380 g/mol. The van der Waals surface area contributed by atoms with Crippen LogP contribution in [0.4, 0.5) is 0 Å². The van der Waals surface area contributed by atoms with Gasteiger partial charge in [-0.25, -0.2) is 0 Å². The summed E-state index contributed by atoms with van der Waals surface area (Å²) in [5, 5.41) is 7.17. The van der Waals surface area contributed by atoms with E-state index in [0.29, 0.717) is 13.0 Å². The molecule has 0 aliphatic carbocycles. The Hall–Kier alpha value is -2.47. The number of benzene rings is 1. The molecule has 0 saturated carbocycles. The second kappa shape index (κ2) is 8.07. The lowest BCUT2D eigenvalue weighted by Gasteiger charge is -2.09. The minimum atomic E-state index is 0.0314. The van der Waals surface area contributed by atoms with Crippen LogP contribution in [0.1, 0.15) is 17.5 Å². The normalized spacial score (nSPS) is 10.6. The fourth-order valence-electron chi connectivity index (χ4n) is 2.58. The van der Waals surface area contributed by atoms with E-state index in [1.807, 2.05) is 49.6 Å². The fraction of sp³-hybridized carbons (Fsp3) is 0.211. The number of aryl methyl sites for hydroxylation is 2. The summed E-state index contributed by atoms with van der Waals surface area (Å²) >= 11 is 3.41. The number of hydrogen-bond donors (Lipinski definition) is 1. The van der Waals surface area contributed by atoms with Crippen molar-refractivity contribution >= 4 is 21.8 Å². The number of aromatic nitrogens is 3. The van der Waals surface area contributed by atoms with Gasteiger partial charge in [-0.3, -0.25) is 14.5 Å². The molecule has 1 aromatic carbocycles. The van der Waals surface area contributed by atoms with Crippen LogP contribution in [0.2, 0.25) is 0 Å². The fourth-order valence-corrected chi connectivity index (χ4v) is 2.84. The molecule has 0 spiro atoms. The average molecular weight is 399 g/mol. The summed E-state index contributed by atoms with van der Waals surface area (Å²) in [5.74, 6) is 0.0314. The van der Waals surface area contributed by atoms with Gasteiger partial charge in [0.15, 0.2) is 0 Å². The third-order valence-corrected chi connectivity index (χ3v) is 4.43. The van der Waals surface area contributed by atoms with Crippen molar-refractivity contribution in [3.63, 3.8) is 0 Å². The number of pyridine rings is 1. The highest BCUT2D eigenvalue weighted by Gasteiger charge is 2.09. The van der Waals surface area contributed by atoms with Gasteiger partial charge in [0.1, 0.15) is 0 Å². The standard InChI is InChI=1S/C19H19BrN4O/c1-24-13-16(12-23-24)19-15(3-2-10-21-19)11-22-18(25)9-6-14-4-7-17(20)8-5-14/h2-5,7-8,10,12-13H,6,9,11H2,1H3,(H,22,25). The van der Waals surface area contributed by atoms with Gasteiger partial charge in [-0.1, -0.05) is 34.1 Å². The Balaban J connectivity index is 1.58. The molecule has 0 bridgehead atoms. The van der Waals surface area contributed by atoms with Crippen LogP contribution in [0.3, 0.4) is 0 Å². The van der Waals surface area contributed by atoms with Crippen molar-refractivity contribution < 1.29 is 4.79 Å². The van der Waals surface area contributed by atoms with Gasteiger partial charge < -0.3 is 5.32 Å². The van der Waals surface area contributed by atoms with E-state index in [1.54, 1.807) is 17.1 Å². The third-order valence-electron chi connectivity index (χ3n) is 3.90. The molecule has 128 valence electrons. The molecule has 0 radical (unpaired) electrons. The second-order valence-corrected chi connectivity index (χ2v) is 6.73. The first-order valence-corrected chi connectivity index (χ1v) is 8.85. The number of nitrogens with zero attached hydrogens (tertiary/aromatic N) is 3. The van der Waals surface area contributed by atoms with Crippen LogP contribution in [0.25, 0.3) is 11.3 Å². The average Bonchev–Trinajstić information content (AvgIpc) is 3.06. The first kappa shape index (κ1) is 17.4. The number of amides is 1. The zero-order valence-corrected chi connectivity index (χ0v) is 15.5. The van der Waals surface area contributed by atoms with E-state index in [1.165, 1.54) is 0 Å². The van der Waals surface area contributed by atoms with Gasteiger partial charge in [-0.05, 0) is 35.7 Å². The van der Waals surface area contributed by atoms with Crippen molar-refractivity contribution in [2.75, 3.05) is 0 Å². The number of carbonyl (C=O) groups is 1. The largest absolute Gasteiger partial charge is 0.352 e. The summed E-state index contributed by atoms with van der Waals surface area (Å²) in [6.07, 6.45) is 6.63.